The van der Waals surface area contributed by atoms with Crippen LogP contribution in [0.25, 0.3) is 0 Å². The highest BCUT2D eigenvalue weighted by Crippen LogP contribution is 2.21. The Labute approximate surface area is 110 Å². The highest BCUT2D eigenvalue weighted by Gasteiger charge is 2.14. The second-order valence-corrected chi connectivity index (χ2v) is 6.13. The van der Waals surface area contributed by atoms with E-state index in [2.05, 4.69) is 46.7 Å². The van der Waals surface area contributed by atoms with Crippen molar-refractivity contribution >= 4 is 28.1 Å². The molecule has 1 aromatic rings. The van der Waals surface area contributed by atoms with Gasteiger partial charge in [-0.15, -0.1) is 0 Å². The summed E-state index contributed by atoms with van der Waals surface area (Å²) in [7, 11) is 1.66. The van der Waals surface area contributed by atoms with E-state index in [-0.39, 0.29) is 5.41 Å². The SMILES string of the molecule is COCc1[nH]c(CC(C)(C)C)nc(=S)c1Br. The lowest BCUT2D eigenvalue weighted by Gasteiger charge is -2.18. The van der Waals surface area contributed by atoms with Crippen molar-refractivity contribution in [3.63, 3.8) is 0 Å². The van der Waals surface area contributed by atoms with E-state index < -0.39 is 0 Å². The maximum absolute atomic E-state index is 5.20. The number of hydrogen-bond donors (Lipinski definition) is 1. The summed E-state index contributed by atoms with van der Waals surface area (Å²) in [5.41, 5.74) is 1.13. The van der Waals surface area contributed by atoms with Gasteiger partial charge in [0.2, 0.25) is 0 Å². The average molecular weight is 305 g/mol. The van der Waals surface area contributed by atoms with Gasteiger partial charge in [-0.2, -0.15) is 0 Å². The number of halogens is 1. The molecule has 1 N–H and O–H groups in total. The fourth-order valence-electron chi connectivity index (χ4n) is 1.39. The average Bonchev–Trinajstić information content (AvgIpc) is 2.11. The van der Waals surface area contributed by atoms with Crippen LogP contribution < -0.4 is 0 Å². The summed E-state index contributed by atoms with van der Waals surface area (Å²) in [4.78, 5) is 7.62. The van der Waals surface area contributed by atoms with Gasteiger partial charge in [0.25, 0.3) is 0 Å². The number of nitrogens with one attached hydrogen (secondary N) is 1. The molecular formula is C11H17BrN2OS. The topological polar surface area (TPSA) is 37.9 Å². The lowest BCUT2D eigenvalue weighted by Crippen LogP contribution is -2.13. The number of hydrogen-bond acceptors (Lipinski definition) is 3. The van der Waals surface area contributed by atoms with Crippen LogP contribution in [-0.4, -0.2) is 17.1 Å². The Morgan fingerprint density at radius 2 is 2.06 bits per heavy atom. The molecule has 0 spiro atoms. The second-order valence-electron chi connectivity index (χ2n) is 4.95. The number of aromatic nitrogens is 2. The molecule has 16 heavy (non-hydrogen) atoms. The van der Waals surface area contributed by atoms with Crippen molar-refractivity contribution < 1.29 is 4.74 Å². The smallest absolute Gasteiger partial charge is 0.144 e. The molecule has 90 valence electrons. The molecule has 0 aromatic carbocycles. The minimum Gasteiger partial charge on any atom is -0.378 e. The summed E-state index contributed by atoms with van der Waals surface area (Å²) < 4.78 is 6.52. The Morgan fingerprint density at radius 1 is 1.44 bits per heavy atom. The van der Waals surface area contributed by atoms with Gasteiger partial charge < -0.3 is 9.72 Å². The van der Waals surface area contributed by atoms with Gasteiger partial charge in [-0.1, -0.05) is 33.0 Å². The van der Waals surface area contributed by atoms with E-state index in [0.29, 0.717) is 11.2 Å². The number of nitrogens with zero attached hydrogens (tertiary/aromatic N) is 1. The van der Waals surface area contributed by atoms with E-state index in [4.69, 9.17) is 17.0 Å². The zero-order chi connectivity index (χ0) is 12.3. The molecule has 0 radical (unpaired) electrons. The quantitative estimate of drug-likeness (QED) is 0.867. The third-order valence-corrected chi connectivity index (χ3v) is 3.38. The van der Waals surface area contributed by atoms with E-state index in [1.54, 1.807) is 7.11 Å². The Hall–Kier alpha value is -0.260. The minimum absolute atomic E-state index is 0.184. The summed E-state index contributed by atoms with van der Waals surface area (Å²) in [6.45, 7) is 7.01. The van der Waals surface area contributed by atoms with Crippen LogP contribution in [-0.2, 0) is 17.8 Å². The van der Waals surface area contributed by atoms with Crippen LogP contribution in [0, 0.1) is 10.1 Å². The molecule has 0 saturated carbocycles. The third-order valence-electron chi connectivity index (χ3n) is 1.97. The second kappa shape index (κ2) is 5.38. The molecule has 5 heteroatoms. The highest BCUT2D eigenvalue weighted by atomic mass is 79.9. The molecule has 0 amide bonds. The predicted octanol–water partition coefficient (Wildman–Crippen LogP) is 3.64. The van der Waals surface area contributed by atoms with Gasteiger partial charge in [-0.25, -0.2) is 4.98 Å². The maximum Gasteiger partial charge on any atom is 0.144 e. The molecule has 0 saturated heterocycles. The molecule has 0 aliphatic carbocycles. The van der Waals surface area contributed by atoms with Crippen LogP contribution in [0.4, 0.5) is 0 Å². The molecule has 1 rings (SSSR count). The zero-order valence-corrected chi connectivity index (χ0v) is 12.5. The van der Waals surface area contributed by atoms with Crippen LogP contribution in [0.1, 0.15) is 32.3 Å². The molecule has 0 bridgehead atoms. The van der Waals surface area contributed by atoms with Crippen molar-refractivity contribution in [2.45, 2.75) is 33.8 Å². The van der Waals surface area contributed by atoms with Crippen LogP contribution in [0.15, 0.2) is 4.47 Å². The fourth-order valence-corrected chi connectivity index (χ4v) is 1.92. The number of methoxy groups -OCH3 is 1. The summed E-state index contributed by atoms with van der Waals surface area (Å²) >= 11 is 8.62. The molecule has 0 fully saturated rings. The lowest BCUT2D eigenvalue weighted by molar-refractivity contribution is 0.180. The fraction of sp³-hybridized carbons (Fsp3) is 0.636. The van der Waals surface area contributed by atoms with Crippen LogP contribution in [0.5, 0.6) is 0 Å². The number of H-pyrrole nitrogens is 1. The minimum atomic E-state index is 0.184. The van der Waals surface area contributed by atoms with Crippen molar-refractivity contribution in [1.29, 1.82) is 0 Å². The largest absolute Gasteiger partial charge is 0.378 e. The van der Waals surface area contributed by atoms with Gasteiger partial charge in [-0.3, -0.25) is 0 Å². The first kappa shape index (κ1) is 13.8. The highest BCUT2D eigenvalue weighted by molar-refractivity contribution is 9.10. The van der Waals surface area contributed by atoms with E-state index in [1.807, 2.05) is 0 Å². The van der Waals surface area contributed by atoms with Crippen molar-refractivity contribution in [3.8, 4) is 0 Å². The Morgan fingerprint density at radius 3 is 2.56 bits per heavy atom. The first-order valence-corrected chi connectivity index (χ1v) is 6.30. The van der Waals surface area contributed by atoms with Gasteiger partial charge in [0.15, 0.2) is 0 Å². The third kappa shape index (κ3) is 3.96. The van der Waals surface area contributed by atoms with E-state index in [9.17, 15) is 0 Å². The normalized spacial score (nSPS) is 11.8. The van der Waals surface area contributed by atoms with Crippen LogP contribution in [0.2, 0.25) is 0 Å². The van der Waals surface area contributed by atoms with E-state index in [1.165, 1.54) is 0 Å². The molecular weight excluding hydrogens is 288 g/mol. The van der Waals surface area contributed by atoms with Crippen molar-refractivity contribution in [1.82, 2.24) is 9.97 Å². The summed E-state index contributed by atoms with van der Waals surface area (Å²) in [5, 5.41) is 0. The molecule has 0 atom stereocenters. The molecule has 3 nitrogen and oxygen atoms in total. The lowest BCUT2D eigenvalue weighted by atomic mass is 9.92. The Balaban J connectivity index is 3.09. The number of rotatable bonds is 3. The van der Waals surface area contributed by atoms with Crippen molar-refractivity contribution in [2.75, 3.05) is 7.11 Å². The van der Waals surface area contributed by atoms with E-state index in [0.717, 1.165) is 22.4 Å². The van der Waals surface area contributed by atoms with Crippen molar-refractivity contribution in [2.24, 2.45) is 5.41 Å². The van der Waals surface area contributed by atoms with Gasteiger partial charge in [-0.05, 0) is 21.3 Å². The van der Waals surface area contributed by atoms with Crippen LogP contribution >= 0.6 is 28.1 Å². The predicted molar refractivity (Wildman–Crippen MR) is 71.0 cm³/mol. The standard InChI is InChI=1S/C11H17BrN2OS/c1-11(2,3)5-8-13-7(6-15-4)9(12)10(16)14-8/h5-6H2,1-4H3,(H,13,14,16). The zero-order valence-electron chi connectivity index (χ0n) is 10.1. The molecule has 0 aliphatic rings. The van der Waals surface area contributed by atoms with Gasteiger partial charge in [0.05, 0.1) is 16.8 Å². The number of ether oxygens (including phenoxy) is 1. The maximum atomic E-state index is 5.20. The van der Waals surface area contributed by atoms with Gasteiger partial charge in [0, 0.05) is 13.5 Å². The summed E-state index contributed by atoms with van der Waals surface area (Å²) in [6.07, 6.45) is 0.862. The Bertz CT molecular complexity index is 423. The first-order chi connectivity index (χ1) is 7.33. The van der Waals surface area contributed by atoms with Crippen molar-refractivity contribution in [3.05, 3.63) is 20.6 Å². The van der Waals surface area contributed by atoms with Gasteiger partial charge >= 0.3 is 0 Å². The molecule has 1 aromatic heterocycles. The first-order valence-electron chi connectivity index (χ1n) is 5.10. The Kier molecular flexibility index (Phi) is 4.64. The number of aromatic amines is 1. The monoisotopic (exact) mass is 304 g/mol. The summed E-state index contributed by atoms with van der Waals surface area (Å²) in [5.74, 6) is 0.910. The van der Waals surface area contributed by atoms with Crippen LogP contribution in [0.3, 0.4) is 0 Å². The van der Waals surface area contributed by atoms with E-state index >= 15 is 0 Å². The molecule has 1 heterocycles. The molecule has 0 unspecified atom stereocenters. The molecule has 0 aliphatic heterocycles. The summed E-state index contributed by atoms with van der Waals surface area (Å²) in [6, 6.07) is 0. The van der Waals surface area contributed by atoms with Gasteiger partial charge in [0.1, 0.15) is 10.5 Å².